The average Bonchev–Trinajstić information content (AvgIpc) is 2.06. The molecule has 0 bridgehead atoms. The number of alkyl halides is 2. The van der Waals surface area contributed by atoms with Gasteiger partial charge in [0, 0.05) is 0 Å². The van der Waals surface area contributed by atoms with E-state index in [2.05, 4.69) is 25.7 Å². The van der Waals surface area contributed by atoms with Crippen LogP contribution < -0.4 is 0 Å². The van der Waals surface area contributed by atoms with Gasteiger partial charge in [0.2, 0.25) is 0 Å². The van der Waals surface area contributed by atoms with E-state index in [0.717, 1.165) is 19.5 Å². The van der Waals surface area contributed by atoms with Crippen LogP contribution in [0.25, 0.3) is 0 Å². The van der Waals surface area contributed by atoms with Crippen molar-refractivity contribution in [3.63, 3.8) is 0 Å². The van der Waals surface area contributed by atoms with Gasteiger partial charge in [0.05, 0.1) is 5.88 Å². The molecule has 0 N–H and O–H groups in total. The van der Waals surface area contributed by atoms with Crippen molar-refractivity contribution in [2.24, 2.45) is 0 Å². The first kappa shape index (κ1) is 11.5. The van der Waals surface area contributed by atoms with Crippen LogP contribution in [-0.4, -0.2) is 28.9 Å². The second-order valence-corrected chi connectivity index (χ2v) is 3.55. The van der Waals surface area contributed by atoms with Crippen molar-refractivity contribution in [3.8, 4) is 0 Å². The summed E-state index contributed by atoms with van der Waals surface area (Å²) in [5, 5.41) is 0. The number of hydrogen-bond acceptors (Lipinski definition) is 1. The molecule has 68 valence electrons. The van der Waals surface area contributed by atoms with Crippen LogP contribution >= 0.6 is 23.2 Å². The third-order valence-corrected chi connectivity index (χ3v) is 3.30. The molecule has 0 aromatic carbocycles. The normalized spacial score (nSPS) is 16.9. The summed E-state index contributed by atoms with van der Waals surface area (Å²) in [6.07, 6.45) is 0.889. The molecular formula is C8H17Cl2N. The van der Waals surface area contributed by atoms with E-state index in [0.29, 0.717) is 5.88 Å². The summed E-state index contributed by atoms with van der Waals surface area (Å²) < 4.78 is 0. The molecule has 0 radical (unpaired) electrons. The van der Waals surface area contributed by atoms with Crippen LogP contribution in [0.4, 0.5) is 0 Å². The van der Waals surface area contributed by atoms with Gasteiger partial charge in [-0.25, -0.2) is 0 Å². The largest absolute Gasteiger partial charge is 0.285 e. The van der Waals surface area contributed by atoms with E-state index in [1.807, 2.05) is 0 Å². The van der Waals surface area contributed by atoms with Gasteiger partial charge in [-0.3, -0.25) is 4.90 Å². The maximum absolute atomic E-state index is 6.27. The van der Waals surface area contributed by atoms with Gasteiger partial charge in [-0.15, -0.1) is 23.2 Å². The minimum atomic E-state index is -0.328. The number of nitrogens with zero attached hydrogens (tertiary/aromatic N) is 1. The smallest absolute Gasteiger partial charge is 0.109 e. The lowest BCUT2D eigenvalue weighted by Crippen LogP contribution is -2.45. The van der Waals surface area contributed by atoms with Crippen LogP contribution in [0.3, 0.4) is 0 Å². The topological polar surface area (TPSA) is 3.24 Å². The number of rotatable bonds is 5. The lowest BCUT2D eigenvalue weighted by Gasteiger charge is -2.35. The van der Waals surface area contributed by atoms with Crippen LogP contribution in [0.5, 0.6) is 0 Å². The Morgan fingerprint density at radius 2 is 1.64 bits per heavy atom. The summed E-state index contributed by atoms with van der Waals surface area (Å²) in [5.41, 5.74) is 0. The average molecular weight is 198 g/mol. The van der Waals surface area contributed by atoms with E-state index in [1.165, 1.54) is 0 Å². The maximum Gasteiger partial charge on any atom is 0.109 e. The van der Waals surface area contributed by atoms with Crippen molar-refractivity contribution in [2.75, 3.05) is 19.0 Å². The standard InChI is InChI=1S/C8H17Cl2N/c1-4-8(10,7-9)11(5-2)6-3/h4-7H2,1-3H3. The highest BCUT2D eigenvalue weighted by atomic mass is 35.5. The monoisotopic (exact) mass is 197 g/mol. The highest BCUT2D eigenvalue weighted by Crippen LogP contribution is 2.25. The molecule has 0 aliphatic heterocycles. The Hall–Kier alpha value is 0.540. The van der Waals surface area contributed by atoms with Crippen LogP contribution in [0.15, 0.2) is 0 Å². The summed E-state index contributed by atoms with van der Waals surface area (Å²) >= 11 is 12.1. The van der Waals surface area contributed by atoms with E-state index in [4.69, 9.17) is 23.2 Å². The zero-order valence-electron chi connectivity index (χ0n) is 7.53. The van der Waals surface area contributed by atoms with Crippen molar-refractivity contribution >= 4 is 23.2 Å². The van der Waals surface area contributed by atoms with Gasteiger partial charge in [0.1, 0.15) is 5.00 Å². The Morgan fingerprint density at radius 1 is 1.18 bits per heavy atom. The van der Waals surface area contributed by atoms with Gasteiger partial charge in [-0.1, -0.05) is 20.8 Å². The van der Waals surface area contributed by atoms with Crippen molar-refractivity contribution in [1.29, 1.82) is 0 Å². The molecule has 0 spiro atoms. The van der Waals surface area contributed by atoms with Crippen molar-refractivity contribution in [2.45, 2.75) is 32.2 Å². The van der Waals surface area contributed by atoms with Crippen LogP contribution in [0.2, 0.25) is 0 Å². The molecule has 1 unspecified atom stereocenters. The number of halogens is 2. The molecule has 0 saturated heterocycles. The molecular weight excluding hydrogens is 181 g/mol. The van der Waals surface area contributed by atoms with Gasteiger partial charge < -0.3 is 0 Å². The zero-order valence-corrected chi connectivity index (χ0v) is 9.04. The summed E-state index contributed by atoms with van der Waals surface area (Å²) in [7, 11) is 0. The lowest BCUT2D eigenvalue weighted by molar-refractivity contribution is 0.192. The van der Waals surface area contributed by atoms with Crippen LogP contribution in [0.1, 0.15) is 27.2 Å². The molecule has 1 atom stereocenters. The SMILES string of the molecule is CCN(CC)C(Cl)(CC)CCl. The van der Waals surface area contributed by atoms with E-state index in [1.54, 1.807) is 0 Å². The molecule has 3 heteroatoms. The molecule has 0 saturated carbocycles. The Morgan fingerprint density at radius 3 is 1.73 bits per heavy atom. The molecule has 0 aliphatic carbocycles. The third kappa shape index (κ3) is 2.81. The Bertz CT molecular complexity index is 98.3. The Kier molecular flexibility index (Phi) is 5.49. The van der Waals surface area contributed by atoms with Crippen molar-refractivity contribution in [1.82, 2.24) is 4.90 Å². The highest BCUT2D eigenvalue weighted by Gasteiger charge is 2.29. The quantitative estimate of drug-likeness (QED) is 0.485. The van der Waals surface area contributed by atoms with Gasteiger partial charge in [-0.05, 0) is 19.5 Å². The first-order chi connectivity index (χ1) is 5.14. The molecule has 1 nitrogen and oxygen atoms in total. The van der Waals surface area contributed by atoms with E-state index in [-0.39, 0.29) is 5.00 Å². The predicted octanol–water partition coefficient (Wildman–Crippen LogP) is 2.91. The van der Waals surface area contributed by atoms with Crippen molar-refractivity contribution < 1.29 is 0 Å². The Balaban J connectivity index is 4.19. The van der Waals surface area contributed by atoms with Gasteiger partial charge >= 0.3 is 0 Å². The van der Waals surface area contributed by atoms with Gasteiger partial charge in [0.25, 0.3) is 0 Å². The molecule has 0 rings (SSSR count). The lowest BCUT2D eigenvalue weighted by atomic mass is 10.2. The fourth-order valence-corrected chi connectivity index (χ4v) is 1.79. The fraction of sp³-hybridized carbons (Fsp3) is 1.00. The minimum absolute atomic E-state index is 0.328. The fourth-order valence-electron chi connectivity index (χ4n) is 1.19. The summed E-state index contributed by atoms with van der Waals surface area (Å²) in [6.45, 7) is 8.18. The zero-order chi connectivity index (χ0) is 8.91. The molecule has 0 aromatic rings. The minimum Gasteiger partial charge on any atom is -0.285 e. The van der Waals surface area contributed by atoms with Gasteiger partial charge in [0.15, 0.2) is 0 Å². The molecule has 0 heterocycles. The van der Waals surface area contributed by atoms with Crippen molar-refractivity contribution in [3.05, 3.63) is 0 Å². The predicted molar refractivity (Wildman–Crippen MR) is 52.5 cm³/mol. The third-order valence-electron chi connectivity index (χ3n) is 2.08. The molecule has 0 aliphatic rings. The van der Waals surface area contributed by atoms with Crippen LogP contribution in [0, 0.1) is 0 Å². The van der Waals surface area contributed by atoms with E-state index >= 15 is 0 Å². The van der Waals surface area contributed by atoms with E-state index in [9.17, 15) is 0 Å². The van der Waals surface area contributed by atoms with Gasteiger partial charge in [-0.2, -0.15) is 0 Å². The summed E-state index contributed by atoms with van der Waals surface area (Å²) in [6, 6.07) is 0. The van der Waals surface area contributed by atoms with Crippen LogP contribution in [-0.2, 0) is 0 Å². The summed E-state index contributed by atoms with van der Waals surface area (Å²) in [4.78, 5) is 1.85. The second kappa shape index (κ2) is 5.23. The molecule has 0 fully saturated rings. The maximum atomic E-state index is 6.27. The first-order valence-corrected chi connectivity index (χ1v) is 5.05. The van der Waals surface area contributed by atoms with E-state index < -0.39 is 0 Å². The summed E-state index contributed by atoms with van der Waals surface area (Å²) in [5.74, 6) is 0.493. The number of hydrogen-bond donors (Lipinski definition) is 0. The molecule has 0 amide bonds. The highest BCUT2D eigenvalue weighted by molar-refractivity contribution is 6.30. The molecule has 0 aromatic heterocycles. The first-order valence-electron chi connectivity index (χ1n) is 4.14. The Labute approximate surface area is 79.7 Å². The second-order valence-electron chi connectivity index (χ2n) is 2.58. The molecule has 11 heavy (non-hydrogen) atoms.